The minimum absolute atomic E-state index is 0.580. The quantitative estimate of drug-likeness (QED) is 0.881. The van der Waals surface area contributed by atoms with Gasteiger partial charge in [0, 0.05) is 6.42 Å². The van der Waals surface area contributed by atoms with Crippen molar-refractivity contribution in [3.8, 4) is 5.75 Å². The van der Waals surface area contributed by atoms with Crippen molar-refractivity contribution in [3.05, 3.63) is 29.3 Å². The van der Waals surface area contributed by atoms with Crippen molar-refractivity contribution >= 4 is 0 Å². The molecule has 2 fully saturated rings. The van der Waals surface area contributed by atoms with E-state index >= 15 is 0 Å². The van der Waals surface area contributed by atoms with Crippen molar-refractivity contribution in [3.63, 3.8) is 0 Å². The second-order valence-electron chi connectivity index (χ2n) is 6.65. The summed E-state index contributed by atoms with van der Waals surface area (Å²) in [6, 6.07) is 6.33. The molecule has 2 atom stereocenters. The lowest BCUT2D eigenvalue weighted by Crippen LogP contribution is -2.33. The van der Waals surface area contributed by atoms with Crippen LogP contribution in [0.3, 0.4) is 0 Å². The fourth-order valence-corrected chi connectivity index (χ4v) is 4.00. The molecule has 2 heteroatoms. The van der Waals surface area contributed by atoms with Crippen LogP contribution in [0.4, 0.5) is 0 Å². The highest BCUT2D eigenvalue weighted by Crippen LogP contribution is 2.49. The summed E-state index contributed by atoms with van der Waals surface area (Å²) in [6.45, 7) is 0.794. The molecule has 0 bridgehead atoms. The van der Waals surface area contributed by atoms with Gasteiger partial charge in [-0.1, -0.05) is 6.07 Å². The Morgan fingerprint density at radius 2 is 2.05 bits per heavy atom. The Morgan fingerprint density at radius 1 is 1.16 bits per heavy atom. The first-order valence-corrected chi connectivity index (χ1v) is 7.73. The molecule has 1 aromatic carbocycles. The third-order valence-electron chi connectivity index (χ3n) is 5.28. The van der Waals surface area contributed by atoms with Gasteiger partial charge in [0.1, 0.15) is 5.75 Å². The second-order valence-corrected chi connectivity index (χ2v) is 6.65. The summed E-state index contributed by atoms with van der Waals surface area (Å²) < 4.78 is 5.56. The highest BCUT2D eigenvalue weighted by molar-refractivity contribution is 5.41. The van der Waals surface area contributed by atoms with Gasteiger partial charge in [-0.05, 0) is 73.6 Å². The van der Waals surface area contributed by atoms with E-state index in [2.05, 4.69) is 18.2 Å². The maximum atomic E-state index is 11.1. The predicted octanol–water partition coefficient (Wildman–Crippen LogP) is 3.41. The molecular formula is C17H22O2. The van der Waals surface area contributed by atoms with E-state index < -0.39 is 5.60 Å². The average molecular weight is 258 g/mol. The van der Waals surface area contributed by atoms with Gasteiger partial charge in [0.2, 0.25) is 0 Å². The van der Waals surface area contributed by atoms with Crippen LogP contribution in [0.15, 0.2) is 18.2 Å². The lowest BCUT2D eigenvalue weighted by molar-refractivity contribution is -0.0251. The van der Waals surface area contributed by atoms with Gasteiger partial charge in [-0.15, -0.1) is 0 Å². The Labute approximate surface area is 114 Å². The van der Waals surface area contributed by atoms with E-state index in [9.17, 15) is 5.11 Å². The Hall–Kier alpha value is -1.02. The summed E-state index contributed by atoms with van der Waals surface area (Å²) in [5.41, 5.74) is 1.82. The Morgan fingerprint density at radius 3 is 2.89 bits per heavy atom. The Kier molecular flexibility index (Phi) is 2.63. The van der Waals surface area contributed by atoms with E-state index in [4.69, 9.17) is 4.74 Å². The van der Waals surface area contributed by atoms with E-state index in [-0.39, 0.29) is 0 Å². The van der Waals surface area contributed by atoms with Gasteiger partial charge in [0.15, 0.2) is 0 Å². The molecule has 0 saturated heterocycles. The van der Waals surface area contributed by atoms with Crippen LogP contribution in [-0.2, 0) is 12.0 Å². The van der Waals surface area contributed by atoms with Gasteiger partial charge < -0.3 is 9.84 Å². The highest BCUT2D eigenvalue weighted by Gasteiger charge is 2.42. The van der Waals surface area contributed by atoms with Gasteiger partial charge in [-0.3, -0.25) is 0 Å². The molecule has 2 nitrogen and oxygen atoms in total. The molecule has 1 aliphatic heterocycles. The summed E-state index contributed by atoms with van der Waals surface area (Å²) in [4.78, 5) is 0. The number of ether oxygens (including phenoxy) is 1. The van der Waals surface area contributed by atoms with Crippen molar-refractivity contribution in [1.29, 1.82) is 0 Å². The van der Waals surface area contributed by atoms with Crippen LogP contribution in [0.1, 0.15) is 49.7 Å². The normalized spacial score (nSPS) is 33.8. The van der Waals surface area contributed by atoms with Crippen LogP contribution in [0, 0.1) is 11.8 Å². The zero-order valence-corrected chi connectivity index (χ0v) is 11.4. The summed E-state index contributed by atoms with van der Waals surface area (Å²) in [5, 5.41) is 11.1. The molecule has 2 unspecified atom stereocenters. The maximum absolute atomic E-state index is 11.1. The van der Waals surface area contributed by atoms with Crippen LogP contribution >= 0.6 is 0 Å². The first-order chi connectivity index (χ1) is 9.24. The number of aliphatic hydroxyl groups is 1. The fourth-order valence-electron chi connectivity index (χ4n) is 4.00. The molecule has 0 spiro atoms. The van der Waals surface area contributed by atoms with Gasteiger partial charge in [0.25, 0.3) is 0 Å². The topological polar surface area (TPSA) is 29.5 Å². The average Bonchev–Trinajstić information content (AvgIpc) is 3.16. The third-order valence-corrected chi connectivity index (χ3v) is 5.28. The zero-order chi connectivity index (χ0) is 12.9. The summed E-state index contributed by atoms with van der Waals surface area (Å²) in [6.07, 6.45) is 8.16. The molecule has 2 saturated carbocycles. The standard InChI is InChI=1S/C17H22O2/c18-17(8-1-2-14(11-17)12-3-4-12)15-5-6-16-13(10-15)7-9-19-16/h5-6,10,12,14,18H,1-4,7-9,11H2. The van der Waals surface area contributed by atoms with Crippen LogP contribution in [0.25, 0.3) is 0 Å². The maximum Gasteiger partial charge on any atom is 0.122 e. The largest absolute Gasteiger partial charge is 0.493 e. The van der Waals surface area contributed by atoms with Crippen molar-refractivity contribution in [2.24, 2.45) is 11.8 Å². The molecule has 2 aliphatic carbocycles. The second kappa shape index (κ2) is 4.24. The number of fused-ring (bicyclic) bond motifs is 1. The molecule has 19 heavy (non-hydrogen) atoms. The van der Waals surface area contributed by atoms with Gasteiger partial charge in [0.05, 0.1) is 12.2 Å². The van der Waals surface area contributed by atoms with Gasteiger partial charge in [-0.2, -0.15) is 0 Å². The minimum Gasteiger partial charge on any atom is -0.493 e. The molecule has 1 N–H and O–H groups in total. The zero-order valence-electron chi connectivity index (χ0n) is 11.4. The first-order valence-electron chi connectivity index (χ1n) is 7.73. The molecule has 3 aliphatic rings. The predicted molar refractivity (Wildman–Crippen MR) is 74.2 cm³/mol. The minimum atomic E-state index is -0.580. The molecule has 1 heterocycles. The number of hydrogen-bond acceptors (Lipinski definition) is 2. The Bertz CT molecular complexity index is 492. The van der Waals surface area contributed by atoms with Crippen molar-refractivity contribution in [2.75, 3.05) is 6.61 Å². The van der Waals surface area contributed by atoms with Crippen molar-refractivity contribution in [1.82, 2.24) is 0 Å². The number of hydrogen-bond donors (Lipinski definition) is 1. The van der Waals surface area contributed by atoms with Crippen LogP contribution in [0.2, 0.25) is 0 Å². The molecular weight excluding hydrogens is 236 g/mol. The van der Waals surface area contributed by atoms with E-state index in [1.165, 1.54) is 31.2 Å². The molecule has 0 amide bonds. The summed E-state index contributed by atoms with van der Waals surface area (Å²) in [5.74, 6) is 2.68. The van der Waals surface area contributed by atoms with E-state index in [1.54, 1.807) is 0 Å². The smallest absolute Gasteiger partial charge is 0.122 e. The lowest BCUT2D eigenvalue weighted by Gasteiger charge is -2.37. The lowest BCUT2D eigenvalue weighted by atomic mass is 9.72. The monoisotopic (exact) mass is 258 g/mol. The number of rotatable bonds is 2. The molecule has 1 aromatic rings. The van der Waals surface area contributed by atoms with E-state index in [0.717, 1.165) is 49.0 Å². The highest BCUT2D eigenvalue weighted by atomic mass is 16.5. The molecule has 0 radical (unpaired) electrons. The van der Waals surface area contributed by atoms with Crippen LogP contribution in [0.5, 0.6) is 5.75 Å². The molecule has 102 valence electrons. The number of benzene rings is 1. The molecule has 0 aromatic heterocycles. The van der Waals surface area contributed by atoms with Gasteiger partial charge >= 0.3 is 0 Å². The van der Waals surface area contributed by atoms with E-state index in [0.29, 0.717) is 0 Å². The third kappa shape index (κ3) is 2.06. The van der Waals surface area contributed by atoms with Crippen LogP contribution < -0.4 is 4.74 Å². The van der Waals surface area contributed by atoms with Crippen LogP contribution in [-0.4, -0.2) is 11.7 Å². The van der Waals surface area contributed by atoms with Gasteiger partial charge in [-0.25, -0.2) is 0 Å². The van der Waals surface area contributed by atoms with Crippen molar-refractivity contribution < 1.29 is 9.84 Å². The Balaban J connectivity index is 1.62. The van der Waals surface area contributed by atoms with Crippen molar-refractivity contribution in [2.45, 2.75) is 50.5 Å². The first kappa shape index (κ1) is 11.8. The summed E-state index contributed by atoms with van der Waals surface area (Å²) >= 11 is 0. The van der Waals surface area contributed by atoms with E-state index in [1.807, 2.05) is 0 Å². The SMILES string of the molecule is OC1(c2ccc3c(c2)CCO3)CCCC(C2CC2)C1. The fraction of sp³-hybridized carbons (Fsp3) is 0.647. The summed E-state index contributed by atoms with van der Waals surface area (Å²) in [7, 11) is 0. The molecule has 4 rings (SSSR count).